The third kappa shape index (κ3) is 2.82. The summed E-state index contributed by atoms with van der Waals surface area (Å²) >= 11 is 0. The van der Waals surface area contributed by atoms with Crippen LogP contribution in [0.1, 0.15) is 12.8 Å². The van der Waals surface area contributed by atoms with E-state index in [1.807, 2.05) is 6.07 Å². The fourth-order valence-corrected chi connectivity index (χ4v) is 1.84. The van der Waals surface area contributed by atoms with Crippen LogP contribution in [0.4, 0.5) is 11.6 Å². The molecule has 0 saturated carbocycles. The van der Waals surface area contributed by atoms with Crippen LogP contribution in [0, 0.1) is 0 Å². The number of nitrogens with zero attached hydrogens (tertiary/aromatic N) is 3. The maximum Gasteiger partial charge on any atom is 0.134 e. The van der Waals surface area contributed by atoms with Gasteiger partial charge in [0.2, 0.25) is 0 Å². The summed E-state index contributed by atoms with van der Waals surface area (Å²) in [6.07, 6.45) is 4.13. The summed E-state index contributed by atoms with van der Waals surface area (Å²) in [5, 5.41) is 3.21. The molecule has 88 valence electrons. The van der Waals surface area contributed by atoms with Crippen LogP contribution in [-0.2, 0) is 4.74 Å². The van der Waals surface area contributed by atoms with E-state index in [1.54, 1.807) is 13.4 Å². The lowest BCUT2D eigenvalue weighted by molar-refractivity contribution is 0.210. The topological polar surface area (TPSA) is 50.3 Å². The molecular formula is C11H18N4O. The van der Waals surface area contributed by atoms with Crippen LogP contribution >= 0.6 is 0 Å². The minimum atomic E-state index is 0.684. The Hall–Kier alpha value is -1.36. The quantitative estimate of drug-likeness (QED) is 0.757. The van der Waals surface area contributed by atoms with Gasteiger partial charge in [0.05, 0.1) is 6.61 Å². The molecule has 1 fully saturated rings. The van der Waals surface area contributed by atoms with Crippen LogP contribution in [0.15, 0.2) is 12.4 Å². The van der Waals surface area contributed by atoms with E-state index in [0.29, 0.717) is 6.61 Å². The van der Waals surface area contributed by atoms with E-state index in [9.17, 15) is 0 Å². The molecule has 1 N–H and O–H groups in total. The van der Waals surface area contributed by atoms with Crippen molar-refractivity contribution in [2.75, 3.05) is 43.6 Å². The number of hydrogen-bond donors (Lipinski definition) is 1. The Labute approximate surface area is 95.8 Å². The standard InChI is InChI=1S/C11H18N4O/c1-16-7-4-12-10-8-11(14-9-13-10)15-5-2-3-6-15/h8-9H,2-7H2,1H3,(H,12,13,14). The average Bonchev–Trinajstić information content (AvgIpc) is 2.83. The zero-order chi connectivity index (χ0) is 11.2. The second-order valence-electron chi connectivity index (χ2n) is 3.88. The first-order valence-electron chi connectivity index (χ1n) is 5.70. The van der Waals surface area contributed by atoms with Gasteiger partial charge in [-0.25, -0.2) is 9.97 Å². The van der Waals surface area contributed by atoms with Crippen molar-refractivity contribution in [2.45, 2.75) is 12.8 Å². The van der Waals surface area contributed by atoms with Gasteiger partial charge in [-0.15, -0.1) is 0 Å². The molecule has 0 radical (unpaired) electrons. The summed E-state index contributed by atoms with van der Waals surface area (Å²) in [6.45, 7) is 3.67. The van der Waals surface area contributed by atoms with Gasteiger partial charge in [0.25, 0.3) is 0 Å². The van der Waals surface area contributed by atoms with E-state index in [-0.39, 0.29) is 0 Å². The maximum atomic E-state index is 4.98. The van der Waals surface area contributed by atoms with Gasteiger partial charge >= 0.3 is 0 Å². The predicted molar refractivity (Wildman–Crippen MR) is 63.8 cm³/mol. The maximum absolute atomic E-state index is 4.98. The highest BCUT2D eigenvalue weighted by atomic mass is 16.5. The van der Waals surface area contributed by atoms with E-state index >= 15 is 0 Å². The molecule has 1 aliphatic heterocycles. The van der Waals surface area contributed by atoms with E-state index in [4.69, 9.17) is 4.74 Å². The second-order valence-corrected chi connectivity index (χ2v) is 3.88. The van der Waals surface area contributed by atoms with Crippen molar-refractivity contribution in [1.82, 2.24) is 9.97 Å². The zero-order valence-electron chi connectivity index (χ0n) is 9.65. The predicted octanol–water partition coefficient (Wildman–Crippen LogP) is 1.14. The fraction of sp³-hybridized carbons (Fsp3) is 0.636. The molecule has 0 aromatic carbocycles. The lowest BCUT2D eigenvalue weighted by atomic mass is 10.4. The molecule has 0 aliphatic carbocycles. The van der Waals surface area contributed by atoms with Crippen LogP contribution in [0.25, 0.3) is 0 Å². The van der Waals surface area contributed by atoms with Crippen molar-refractivity contribution >= 4 is 11.6 Å². The summed E-state index contributed by atoms with van der Waals surface area (Å²) in [5.74, 6) is 1.89. The first-order valence-corrected chi connectivity index (χ1v) is 5.70. The van der Waals surface area contributed by atoms with Gasteiger partial charge in [-0.1, -0.05) is 0 Å². The molecule has 5 heteroatoms. The molecule has 2 heterocycles. The van der Waals surface area contributed by atoms with Gasteiger partial charge in [0.15, 0.2) is 0 Å². The zero-order valence-corrected chi connectivity index (χ0v) is 9.65. The van der Waals surface area contributed by atoms with Gasteiger partial charge in [-0.3, -0.25) is 0 Å². The Balaban J connectivity index is 1.95. The third-order valence-corrected chi connectivity index (χ3v) is 2.70. The summed E-state index contributed by atoms with van der Waals surface area (Å²) in [7, 11) is 1.69. The van der Waals surface area contributed by atoms with Crippen LogP contribution in [0.3, 0.4) is 0 Å². The van der Waals surface area contributed by atoms with E-state index in [0.717, 1.165) is 31.3 Å². The Morgan fingerprint density at radius 2 is 2.19 bits per heavy atom. The number of nitrogens with one attached hydrogen (secondary N) is 1. The first kappa shape index (κ1) is 11.1. The van der Waals surface area contributed by atoms with Crippen LogP contribution in [0.2, 0.25) is 0 Å². The van der Waals surface area contributed by atoms with Crippen molar-refractivity contribution in [3.8, 4) is 0 Å². The van der Waals surface area contributed by atoms with Gasteiger partial charge in [-0.05, 0) is 12.8 Å². The van der Waals surface area contributed by atoms with E-state index in [2.05, 4.69) is 20.2 Å². The Morgan fingerprint density at radius 3 is 2.94 bits per heavy atom. The van der Waals surface area contributed by atoms with Gasteiger partial charge in [0.1, 0.15) is 18.0 Å². The normalized spacial score (nSPS) is 15.4. The van der Waals surface area contributed by atoms with Crippen molar-refractivity contribution in [3.05, 3.63) is 12.4 Å². The Kier molecular flexibility index (Phi) is 3.93. The minimum absolute atomic E-state index is 0.684. The molecule has 1 saturated heterocycles. The smallest absolute Gasteiger partial charge is 0.134 e. The van der Waals surface area contributed by atoms with Gasteiger partial charge < -0.3 is 15.0 Å². The van der Waals surface area contributed by atoms with Crippen molar-refractivity contribution in [2.24, 2.45) is 0 Å². The van der Waals surface area contributed by atoms with E-state index in [1.165, 1.54) is 12.8 Å². The number of anilines is 2. The summed E-state index contributed by atoms with van der Waals surface area (Å²) < 4.78 is 4.98. The van der Waals surface area contributed by atoms with Crippen LogP contribution in [0.5, 0.6) is 0 Å². The molecule has 1 aromatic rings. The van der Waals surface area contributed by atoms with Crippen molar-refractivity contribution in [3.63, 3.8) is 0 Å². The van der Waals surface area contributed by atoms with Crippen molar-refractivity contribution < 1.29 is 4.74 Å². The molecular weight excluding hydrogens is 204 g/mol. The second kappa shape index (κ2) is 5.65. The number of methoxy groups -OCH3 is 1. The summed E-state index contributed by atoms with van der Waals surface area (Å²) in [4.78, 5) is 10.8. The molecule has 0 bridgehead atoms. The van der Waals surface area contributed by atoms with Crippen molar-refractivity contribution in [1.29, 1.82) is 0 Å². The summed E-state index contributed by atoms with van der Waals surface area (Å²) in [6, 6.07) is 2.00. The number of hydrogen-bond acceptors (Lipinski definition) is 5. The highest BCUT2D eigenvalue weighted by Gasteiger charge is 2.13. The number of aromatic nitrogens is 2. The summed E-state index contributed by atoms with van der Waals surface area (Å²) in [5.41, 5.74) is 0. The molecule has 0 unspecified atom stereocenters. The molecule has 2 rings (SSSR count). The number of ether oxygens (including phenoxy) is 1. The molecule has 16 heavy (non-hydrogen) atoms. The highest BCUT2D eigenvalue weighted by molar-refractivity contribution is 5.48. The largest absolute Gasteiger partial charge is 0.383 e. The minimum Gasteiger partial charge on any atom is -0.383 e. The molecule has 0 atom stereocenters. The lowest BCUT2D eigenvalue weighted by Crippen LogP contribution is -2.19. The molecule has 0 spiro atoms. The molecule has 0 amide bonds. The average molecular weight is 222 g/mol. The number of rotatable bonds is 5. The molecule has 1 aromatic heterocycles. The Morgan fingerprint density at radius 1 is 1.38 bits per heavy atom. The Bertz CT molecular complexity index is 326. The molecule has 5 nitrogen and oxygen atoms in total. The lowest BCUT2D eigenvalue weighted by Gasteiger charge is -2.16. The SMILES string of the molecule is COCCNc1cc(N2CCCC2)ncn1. The fourth-order valence-electron chi connectivity index (χ4n) is 1.84. The van der Waals surface area contributed by atoms with Crippen LogP contribution in [-0.4, -0.2) is 43.3 Å². The van der Waals surface area contributed by atoms with Crippen LogP contribution < -0.4 is 10.2 Å². The molecule has 1 aliphatic rings. The highest BCUT2D eigenvalue weighted by Crippen LogP contribution is 2.18. The monoisotopic (exact) mass is 222 g/mol. The van der Waals surface area contributed by atoms with Gasteiger partial charge in [0, 0.05) is 32.8 Å². The first-order chi connectivity index (χ1) is 7.90. The van der Waals surface area contributed by atoms with E-state index < -0.39 is 0 Å². The van der Waals surface area contributed by atoms with Gasteiger partial charge in [-0.2, -0.15) is 0 Å². The third-order valence-electron chi connectivity index (χ3n) is 2.70.